The van der Waals surface area contributed by atoms with Gasteiger partial charge in [-0.2, -0.15) is 0 Å². The number of aromatic amines is 1. The van der Waals surface area contributed by atoms with E-state index in [-0.39, 0.29) is 11.0 Å². The summed E-state index contributed by atoms with van der Waals surface area (Å²) >= 11 is 0. The molecule has 19 heavy (non-hydrogen) atoms. The molecule has 1 aromatic carbocycles. The van der Waals surface area contributed by atoms with Crippen LogP contribution in [0.5, 0.6) is 0 Å². The van der Waals surface area contributed by atoms with Gasteiger partial charge in [0.15, 0.2) is 0 Å². The Morgan fingerprint density at radius 1 is 1.26 bits per heavy atom. The monoisotopic (exact) mass is 256 g/mol. The quantitative estimate of drug-likeness (QED) is 0.786. The molecule has 0 saturated heterocycles. The van der Waals surface area contributed by atoms with Gasteiger partial charge in [0.05, 0.1) is 5.52 Å². The molecule has 1 atom stereocenters. The number of hydrogen-bond acceptors (Lipinski definition) is 2. The van der Waals surface area contributed by atoms with Crippen molar-refractivity contribution >= 4 is 16.6 Å². The van der Waals surface area contributed by atoms with E-state index in [0.717, 1.165) is 16.5 Å². The molecule has 3 heteroatoms. The molecule has 2 heterocycles. The number of likely N-dealkylation sites (N-methyl/N-ethyl adjacent to an activating group) is 1. The fraction of sp³-hybridized carbons (Fsp3) is 0.438. The first-order valence-electron chi connectivity index (χ1n) is 6.73. The third kappa shape index (κ3) is 1.54. The Bertz CT molecular complexity index is 727. The Morgan fingerprint density at radius 3 is 2.63 bits per heavy atom. The topological polar surface area (TPSA) is 36.1 Å². The van der Waals surface area contributed by atoms with Crippen molar-refractivity contribution in [1.29, 1.82) is 0 Å². The summed E-state index contributed by atoms with van der Waals surface area (Å²) in [6.07, 6.45) is 0. The van der Waals surface area contributed by atoms with E-state index in [9.17, 15) is 4.79 Å². The zero-order valence-electron chi connectivity index (χ0n) is 12.2. The minimum absolute atomic E-state index is 0.0297. The molecular formula is C16H20N2O. The second-order valence-corrected chi connectivity index (χ2v) is 6.24. The molecule has 0 aliphatic carbocycles. The van der Waals surface area contributed by atoms with Crippen LogP contribution in [0.1, 0.15) is 31.9 Å². The number of nitrogens with one attached hydrogen (secondary N) is 1. The second kappa shape index (κ2) is 3.62. The summed E-state index contributed by atoms with van der Waals surface area (Å²) in [4.78, 5) is 16.9. The number of rotatable bonds is 0. The first-order valence-corrected chi connectivity index (χ1v) is 6.73. The summed E-state index contributed by atoms with van der Waals surface area (Å²) in [5.74, 6) is 0. The molecule has 1 aliphatic heterocycles. The van der Waals surface area contributed by atoms with E-state index in [0.29, 0.717) is 6.04 Å². The molecule has 0 radical (unpaired) electrons. The van der Waals surface area contributed by atoms with E-state index in [1.165, 1.54) is 11.3 Å². The van der Waals surface area contributed by atoms with E-state index in [2.05, 4.69) is 49.8 Å². The highest BCUT2D eigenvalue weighted by atomic mass is 16.1. The van der Waals surface area contributed by atoms with E-state index >= 15 is 0 Å². The molecule has 1 aromatic heterocycles. The Hall–Kier alpha value is -1.77. The lowest BCUT2D eigenvalue weighted by Gasteiger charge is -2.28. The van der Waals surface area contributed by atoms with Crippen LogP contribution in [0.4, 0.5) is 5.69 Å². The Morgan fingerprint density at radius 2 is 1.95 bits per heavy atom. The highest BCUT2D eigenvalue weighted by Gasteiger charge is 2.40. The van der Waals surface area contributed by atoms with Crippen LogP contribution in [0.25, 0.3) is 10.9 Å². The number of aromatic nitrogens is 1. The predicted octanol–water partition coefficient (Wildman–Crippen LogP) is 2.95. The molecule has 0 saturated carbocycles. The molecule has 100 valence electrons. The van der Waals surface area contributed by atoms with Gasteiger partial charge in [-0.25, -0.2) is 0 Å². The van der Waals surface area contributed by atoms with Gasteiger partial charge < -0.3 is 9.88 Å². The Balaban J connectivity index is 2.40. The SMILES string of the molecule is Cc1cc(=O)[nH]c2cc3c(cc12)C(C)(C)C(C)N3C. The lowest BCUT2D eigenvalue weighted by molar-refractivity contribution is 0.454. The Kier molecular flexibility index (Phi) is 2.34. The number of aryl methyl sites for hydroxylation is 1. The van der Waals surface area contributed by atoms with Crippen molar-refractivity contribution in [3.05, 3.63) is 39.7 Å². The molecular weight excluding hydrogens is 236 g/mol. The zero-order valence-corrected chi connectivity index (χ0v) is 12.2. The number of hydrogen-bond donors (Lipinski definition) is 1. The summed E-state index contributed by atoms with van der Waals surface area (Å²) in [6, 6.07) is 6.48. The molecule has 0 amide bonds. The van der Waals surface area contributed by atoms with Gasteiger partial charge in [0.25, 0.3) is 0 Å². The van der Waals surface area contributed by atoms with Gasteiger partial charge in [-0.1, -0.05) is 13.8 Å². The van der Waals surface area contributed by atoms with Crippen LogP contribution < -0.4 is 10.5 Å². The van der Waals surface area contributed by atoms with Crippen LogP contribution in [0, 0.1) is 6.92 Å². The lowest BCUT2D eigenvalue weighted by Crippen LogP contribution is -2.36. The molecule has 0 fully saturated rings. The van der Waals surface area contributed by atoms with Gasteiger partial charge in [0.2, 0.25) is 5.56 Å². The largest absolute Gasteiger partial charge is 0.371 e. The number of fused-ring (bicyclic) bond motifs is 2. The third-order valence-corrected chi connectivity index (χ3v) is 4.87. The lowest BCUT2D eigenvalue weighted by atomic mass is 9.81. The van der Waals surface area contributed by atoms with Crippen molar-refractivity contribution in [2.45, 2.75) is 39.2 Å². The third-order valence-electron chi connectivity index (χ3n) is 4.87. The maximum atomic E-state index is 11.6. The van der Waals surface area contributed by atoms with Gasteiger partial charge in [0, 0.05) is 35.6 Å². The van der Waals surface area contributed by atoms with Crippen LogP contribution in [0.15, 0.2) is 23.0 Å². The first kappa shape index (κ1) is 12.3. The van der Waals surface area contributed by atoms with Crippen molar-refractivity contribution in [2.24, 2.45) is 0 Å². The van der Waals surface area contributed by atoms with Gasteiger partial charge in [-0.05, 0) is 37.1 Å². The van der Waals surface area contributed by atoms with Crippen LogP contribution >= 0.6 is 0 Å². The average Bonchev–Trinajstić information content (AvgIpc) is 2.49. The molecule has 1 N–H and O–H groups in total. The zero-order chi connectivity index (χ0) is 13.9. The second-order valence-electron chi connectivity index (χ2n) is 6.24. The van der Waals surface area contributed by atoms with Gasteiger partial charge >= 0.3 is 0 Å². The highest BCUT2D eigenvalue weighted by molar-refractivity contribution is 5.88. The van der Waals surface area contributed by atoms with Crippen molar-refractivity contribution in [2.75, 3.05) is 11.9 Å². The summed E-state index contributed by atoms with van der Waals surface area (Å²) in [5.41, 5.74) is 4.66. The first-order chi connectivity index (χ1) is 8.82. The number of H-pyrrole nitrogens is 1. The number of benzene rings is 1. The van der Waals surface area contributed by atoms with E-state index < -0.39 is 0 Å². The standard InChI is InChI=1S/C16H20N2O/c1-9-6-15(19)17-13-8-14-12(7-11(9)13)16(3,4)10(2)18(14)5/h6-8,10H,1-5H3,(H,17,19). The van der Waals surface area contributed by atoms with Crippen LogP contribution in [-0.4, -0.2) is 18.1 Å². The molecule has 0 spiro atoms. The molecule has 0 bridgehead atoms. The summed E-state index contributed by atoms with van der Waals surface area (Å²) in [5, 5.41) is 1.15. The van der Waals surface area contributed by atoms with Crippen LogP contribution in [0.3, 0.4) is 0 Å². The maximum absolute atomic E-state index is 11.6. The molecule has 1 aliphatic rings. The van der Waals surface area contributed by atoms with Crippen molar-refractivity contribution in [1.82, 2.24) is 4.98 Å². The fourth-order valence-electron chi connectivity index (χ4n) is 3.19. The number of pyridine rings is 1. The smallest absolute Gasteiger partial charge is 0.248 e. The van der Waals surface area contributed by atoms with Crippen LogP contribution in [-0.2, 0) is 5.41 Å². The van der Waals surface area contributed by atoms with Crippen molar-refractivity contribution in [3.8, 4) is 0 Å². The predicted molar refractivity (Wildman–Crippen MR) is 80.2 cm³/mol. The van der Waals surface area contributed by atoms with E-state index in [1.807, 2.05) is 6.92 Å². The maximum Gasteiger partial charge on any atom is 0.248 e. The van der Waals surface area contributed by atoms with E-state index in [4.69, 9.17) is 0 Å². The highest BCUT2D eigenvalue weighted by Crippen LogP contribution is 2.45. The minimum atomic E-state index is -0.0297. The molecule has 3 rings (SSSR count). The Labute approximate surface area is 113 Å². The average molecular weight is 256 g/mol. The molecule has 3 nitrogen and oxygen atoms in total. The summed E-state index contributed by atoms with van der Waals surface area (Å²) in [6.45, 7) is 8.82. The van der Waals surface area contributed by atoms with E-state index in [1.54, 1.807) is 6.07 Å². The summed E-state index contributed by atoms with van der Waals surface area (Å²) in [7, 11) is 2.12. The van der Waals surface area contributed by atoms with Gasteiger partial charge in [-0.3, -0.25) is 4.79 Å². The number of anilines is 1. The molecule has 1 unspecified atom stereocenters. The normalized spacial score (nSPS) is 20.9. The minimum Gasteiger partial charge on any atom is -0.371 e. The molecule has 2 aromatic rings. The fourth-order valence-corrected chi connectivity index (χ4v) is 3.19. The van der Waals surface area contributed by atoms with Crippen molar-refractivity contribution < 1.29 is 0 Å². The summed E-state index contributed by atoms with van der Waals surface area (Å²) < 4.78 is 0. The van der Waals surface area contributed by atoms with Crippen molar-refractivity contribution in [3.63, 3.8) is 0 Å². The number of nitrogens with zero attached hydrogens (tertiary/aromatic N) is 1. The van der Waals surface area contributed by atoms with Gasteiger partial charge in [0.1, 0.15) is 0 Å². The van der Waals surface area contributed by atoms with Crippen LogP contribution in [0.2, 0.25) is 0 Å². The van der Waals surface area contributed by atoms with Gasteiger partial charge in [-0.15, -0.1) is 0 Å².